The van der Waals surface area contributed by atoms with Gasteiger partial charge in [0.1, 0.15) is 12.4 Å². The highest BCUT2D eigenvalue weighted by Gasteiger charge is 2.27. The second kappa shape index (κ2) is 8.20. The molecule has 3 aromatic heterocycles. The van der Waals surface area contributed by atoms with Crippen molar-refractivity contribution in [3.05, 3.63) is 86.2 Å². The van der Waals surface area contributed by atoms with E-state index in [1.54, 1.807) is 19.1 Å². The Morgan fingerprint density at radius 2 is 1.84 bits per heavy atom. The molecule has 3 heterocycles. The van der Waals surface area contributed by atoms with E-state index >= 15 is 0 Å². The van der Waals surface area contributed by atoms with Crippen molar-refractivity contribution >= 4 is 5.52 Å². The van der Waals surface area contributed by atoms with Crippen molar-refractivity contribution in [3.63, 3.8) is 0 Å². The standard InChI is InChI=1S/C24H25FN4O3/c1-5-27-19(13-30)26-29(24(27)32)22-20(14(2)3)18-11-10-16(25)12-28(18)23(31)21(22)17-9-7-6-8-15(17)4/h6-12,14,30H,5,13H2,1-4H3. The Balaban J connectivity index is 2.30. The molecule has 166 valence electrons. The van der Waals surface area contributed by atoms with Gasteiger partial charge in [0, 0.05) is 18.3 Å². The fraction of sp³-hybridized carbons (Fsp3) is 0.292. The van der Waals surface area contributed by atoms with Crippen LogP contribution in [0.2, 0.25) is 0 Å². The molecule has 1 N–H and O–H groups in total. The summed E-state index contributed by atoms with van der Waals surface area (Å²) in [5.74, 6) is -0.444. The topological polar surface area (TPSA) is 81.5 Å². The molecule has 0 aliphatic rings. The van der Waals surface area contributed by atoms with E-state index in [1.165, 1.54) is 25.9 Å². The van der Waals surface area contributed by atoms with Crippen molar-refractivity contribution in [3.8, 4) is 16.8 Å². The van der Waals surface area contributed by atoms with Gasteiger partial charge in [0.05, 0.1) is 16.8 Å². The average molecular weight is 436 g/mol. The minimum absolute atomic E-state index is 0.120. The number of pyridine rings is 2. The van der Waals surface area contributed by atoms with Crippen molar-refractivity contribution in [1.29, 1.82) is 0 Å². The number of benzene rings is 1. The zero-order chi connectivity index (χ0) is 23.2. The number of aromatic nitrogens is 4. The lowest BCUT2D eigenvalue weighted by Gasteiger charge is -2.20. The highest BCUT2D eigenvalue weighted by atomic mass is 19.1. The number of fused-ring (bicyclic) bond motifs is 1. The molecule has 0 amide bonds. The Kier molecular flexibility index (Phi) is 5.56. The molecule has 0 aliphatic carbocycles. The second-order valence-corrected chi connectivity index (χ2v) is 8.03. The molecule has 0 saturated carbocycles. The third-order valence-electron chi connectivity index (χ3n) is 5.71. The van der Waals surface area contributed by atoms with Crippen molar-refractivity contribution in [2.75, 3.05) is 0 Å². The molecule has 32 heavy (non-hydrogen) atoms. The highest BCUT2D eigenvalue weighted by molar-refractivity contribution is 5.81. The summed E-state index contributed by atoms with van der Waals surface area (Å²) in [6, 6.07) is 10.2. The Bertz CT molecular complexity index is 1450. The van der Waals surface area contributed by atoms with Crippen LogP contribution in [0.15, 0.2) is 52.2 Å². The van der Waals surface area contributed by atoms with Gasteiger partial charge in [-0.1, -0.05) is 38.1 Å². The predicted octanol–water partition coefficient (Wildman–Crippen LogP) is 3.40. The van der Waals surface area contributed by atoms with Crippen LogP contribution in [0.25, 0.3) is 22.3 Å². The first-order chi connectivity index (χ1) is 15.3. The van der Waals surface area contributed by atoms with Gasteiger partial charge in [0.15, 0.2) is 5.82 Å². The minimum atomic E-state index is -0.534. The van der Waals surface area contributed by atoms with E-state index in [1.807, 2.05) is 39.0 Å². The summed E-state index contributed by atoms with van der Waals surface area (Å²) in [5.41, 5.74) is 2.40. The summed E-state index contributed by atoms with van der Waals surface area (Å²) in [7, 11) is 0. The smallest absolute Gasteiger partial charge is 0.350 e. The van der Waals surface area contributed by atoms with Gasteiger partial charge in [-0.15, -0.1) is 5.10 Å². The summed E-state index contributed by atoms with van der Waals surface area (Å²) in [4.78, 5) is 27.0. The summed E-state index contributed by atoms with van der Waals surface area (Å²) < 4.78 is 18.0. The molecule has 0 saturated heterocycles. The van der Waals surface area contributed by atoms with Crippen molar-refractivity contribution in [2.45, 2.75) is 46.8 Å². The predicted molar refractivity (Wildman–Crippen MR) is 121 cm³/mol. The van der Waals surface area contributed by atoms with Gasteiger partial charge in [0.2, 0.25) is 0 Å². The zero-order valence-corrected chi connectivity index (χ0v) is 18.5. The first-order valence-corrected chi connectivity index (χ1v) is 10.5. The van der Waals surface area contributed by atoms with Crippen LogP contribution in [-0.2, 0) is 13.2 Å². The molecule has 7 nitrogen and oxygen atoms in total. The van der Waals surface area contributed by atoms with Crippen LogP contribution in [0, 0.1) is 12.7 Å². The third kappa shape index (κ3) is 3.27. The number of aryl methyl sites for hydroxylation is 1. The SMILES string of the molecule is CCn1c(CO)nn(-c2c(-c3ccccc3C)c(=O)n3cc(F)ccc3c2C(C)C)c1=O. The number of aliphatic hydroxyl groups is 1. The largest absolute Gasteiger partial charge is 0.388 e. The Hall–Kier alpha value is -3.52. The molecule has 1 aromatic carbocycles. The molecule has 8 heteroatoms. The number of rotatable bonds is 5. The van der Waals surface area contributed by atoms with Gasteiger partial charge < -0.3 is 5.11 Å². The van der Waals surface area contributed by atoms with Gasteiger partial charge in [-0.25, -0.2) is 9.18 Å². The average Bonchev–Trinajstić information content (AvgIpc) is 3.09. The lowest BCUT2D eigenvalue weighted by molar-refractivity contribution is 0.264. The Labute approximate surface area is 184 Å². The van der Waals surface area contributed by atoms with Gasteiger partial charge in [-0.2, -0.15) is 4.68 Å². The van der Waals surface area contributed by atoms with E-state index < -0.39 is 23.7 Å². The number of hydrogen-bond donors (Lipinski definition) is 1. The lowest BCUT2D eigenvalue weighted by atomic mass is 9.92. The normalized spacial score (nSPS) is 11.6. The van der Waals surface area contributed by atoms with E-state index in [2.05, 4.69) is 5.10 Å². The van der Waals surface area contributed by atoms with Crippen LogP contribution in [-0.4, -0.2) is 23.9 Å². The Morgan fingerprint density at radius 3 is 2.44 bits per heavy atom. The summed E-state index contributed by atoms with van der Waals surface area (Å²) in [5, 5.41) is 14.1. The maximum Gasteiger partial charge on any atom is 0.350 e. The Morgan fingerprint density at radius 1 is 1.12 bits per heavy atom. The zero-order valence-electron chi connectivity index (χ0n) is 18.5. The number of halogens is 1. The number of nitrogens with zero attached hydrogens (tertiary/aromatic N) is 4. The maximum atomic E-state index is 14.1. The van der Waals surface area contributed by atoms with Crippen LogP contribution < -0.4 is 11.2 Å². The molecule has 4 aromatic rings. The molecule has 0 radical (unpaired) electrons. The summed E-state index contributed by atoms with van der Waals surface area (Å²) >= 11 is 0. The van der Waals surface area contributed by atoms with E-state index in [0.717, 1.165) is 5.56 Å². The fourth-order valence-corrected chi connectivity index (χ4v) is 4.24. The monoisotopic (exact) mass is 436 g/mol. The molecule has 0 spiro atoms. The van der Waals surface area contributed by atoms with Crippen molar-refractivity contribution in [1.82, 2.24) is 18.7 Å². The van der Waals surface area contributed by atoms with Gasteiger partial charge >= 0.3 is 5.69 Å². The summed E-state index contributed by atoms with van der Waals surface area (Å²) in [6.07, 6.45) is 1.17. The highest BCUT2D eigenvalue weighted by Crippen LogP contribution is 2.34. The van der Waals surface area contributed by atoms with E-state index in [4.69, 9.17) is 0 Å². The minimum Gasteiger partial charge on any atom is -0.388 e. The molecule has 4 rings (SSSR count). The van der Waals surface area contributed by atoms with Crippen molar-refractivity contribution < 1.29 is 9.50 Å². The van der Waals surface area contributed by atoms with E-state index in [-0.39, 0.29) is 17.3 Å². The van der Waals surface area contributed by atoms with Crippen LogP contribution >= 0.6 is 0 Å². The second-order valence-electron chi connectivity index (χ2n) is 8.03. The maximum absolute atomic E-state index is 14.1. The van der Waals surface area contributed by atoms with Gasteiger partial charge in [-0.05, 0) is 43.0 Å². The molecule has 0 unspecified atom stereocenters. The number of hydrogen-bond acceptors (Lipinski definition) is 4. The van der Waals surface area contributed by atoms with Gasteiger partial charge in [-0.3, -0.25) is 13.8 Å². The van der Waals surface area contributed by atoms with E-state index in [0.29, 0.717) is 28.9 Å². The van der Waals surface area contributed by atoms with Crippen LogP contribution in [0.1, 0.15) is 43.6 Å². The molecule has 0 fully saturated rings. The van der Waals surface area contributed by atoms with Crippen LogP contribution in [0.4, 0.5) is 4.39 Å². The van der Waals surface area contributed by atoms with Crippen LogP contribution in [0.5, 0.6) is 0 Å². The van der Waals surface area contributed by atoms with E-state index in [9.17, 15) is 19.1 Å². The quantitative estimate of drug-likeness (QED) is 0.520. The molecular formula is C24H25FN4O3. The molecule has 0 bridgehead atoms. The van der Waals surface area contributed by atoms with Gasteiger partial charge in [0.25, 0.3) is 5.56 Å². The number of aliphatic hydroxyl groups excluding tert-OH is 1. The molecule has 0 atom stereocenters. The summed E-state index contributed by atoms with van der Waals surface area (Å²) in [6.45, 7) is 7.47. The molecule has 0 aliphatic heterocycles. The molecular weight excluding hydrogens is 411 g/mol. The van der Waals surface area contributed by atoms with Crippen LogP contribution in [0.3, 0.4) is 0 Å². The fourth-order valence-electron chi connectivity index (χ4n) is 4.24. The first-order valence-electron chi connectivity index (χ1n) is 10.5. The third-order valence-corrected chi connectivity index (χ3v) is 5.71. The lowest BCUT2D eigenvalue weighted by Crippen LogP contribution is -2.29. The van der Waals surface area contributed by atoms with Crippen molar-refractivity contribution in [2.24, 2.45) is 0 Å². The first kappa shape index (κ1) is 21.7.